The summed E-state index contributed by atoms with van der Waals surface area (Å²) in [6.45, 7) is 11.5. The van der Waals surface area contributed by atoms with E-state index in [4.69, 9.17) is 20.3 Å². The maximum Gasteiger partial charge on any atom is 0.322 e. The van der Waals surface area contributed by atoms with Crippen LogP contribution in [0.25, 0.3) is 0 Å². The Morgan fingerprint density at radius 3 is 2.45 bits per heavy atom. The van der Waals surface area contributed by atoms with E-state index in [1.165, 1.54) is 30.2 Å². The van der Waals surface area contributed by atoms with E-state index in [0.29, 0.717) is 12.2 Å². The number of thioether (sulfide) groups is 1. The lowest BCUT2D eigenvalue weighted by molar-refractivity contribution is -0.114. The summed E-state index contributed by atoms with van der Waals surface area (Å²) in [5.74, 6) is -1.42. The fraction of sp³-hybridized carbons (Fsp3) is 0.517. The lowest BCUT2D eigenvalue weighted by Crippen LogP contribution is -2.47. The fourth-order valence-corrected chi connectivity index (χ4v) is 5.25. The summed E-state index contributed by atoms with van der Waals surface area (Å²) in [6.07, 6.45) is 4.94. The second-order valence-electron chi connectivity index (χ2n) is 10.5. The van der Waals surface area contributed by atoms with E-state index in [9.17, 15) is 13.6 Å². The summed E-state index contributed by atoms with van der Waals surface area (Å²) in [4.78, 5) is 22.0. The van der Waals surface area contributed by atoms with Crippen LogP contribution in [-0.2, 0) is 9.53 Å². The normalized spacial score (nSPS) is 19.3. The van der Waals surface area contributed by atoms with Crippen molar-refractivity contribution in [1.29, 1.82) is 0 Å². The van der Waals surface area contributed by atoms with E-state index in [-0.39, 0.29) is 43.7 Å². The smallest absolute Gasteiger partial charge is 0.322 e. The summed E-state index contributed by atoms with van der Waals surface area (Å²) >= 11 is 1.16. The largest absolute Gasteiger partial charge is 0.457 e. The van der Waals surface area contributed by atoms with E-state index < -0.39 is 28.6 Å². The molecular formula is C29H42F2N4O4S. The summed E-state index contributed by atoms with van der Waals surface area (Å²) < 4.78 is 40.6. The molecule has 2 aliphatic rings. The average molecular weight is 581 g/mol. The standard InChI is InChI=1S/C25H30F2N4O2S.C3H6O2.CH4.H2/c1-13(2)11-19(20-12-15-9-10-17(15)25(4,5)33-20)32-23-29-22(28)30-24(31-23)34-14(3)16-7-6-8-18(26)21(16)27;1-3(5)2-4;;/h6-10,13-14,19-20H,11-12H2,1-5H3,(H2,28,29,30,31);2-3,5H,1H3;1H4;1H/t14?,19-,20+;;;/m1.../s1. The minimum atomic E-state index is -0.893. The highest BCUT2D eigenvalue weighted by Gasteiger charge is 2.42. The molecule has 40 heavy (non-hydrogen) atoms. The third-order valence-electron chi connectivity index (χ3n) is 6.20. The van der Waals surface area contributed by atoms with Gasteiger partial charge in [0.05, 0.1) is 11.7 Å². The van der Waals surface area contributed by atoms with E-state index in [1.807, 2.05) is 0 Å². The van der Waals surface area contributed by atoms with Gasteiger partial charge in [0, 0.05) is 18.7 Å². The summed E-state index contributed by atoms with van der Waals surface area (Å²) in [5, 5.41) is 7.82. The number of aldehydes is 1. The number of carbonyl (C=O) groups excluding carboxylic acids is 1. The van der Waals surface area contributed by atoms with Gasteiger partial charge in [-0.2, -0.15) is 15.0 Å². The third-order valence-corrected chi connectivity index (χ3v) is 7.20. The van der Waals surface area contributed by atoms with Crippen molar-refractivity contribution in [3.05, 3.63) is 58.7 Å². The predicted octanol–water partition coefficient (Wildman–Crippen LogP) is 6.26. The van der Waals surface area contributed by atoms with E-state index in [0.717, 1.165) is 30.7 Å². The molecule has 0 amide bonds. The maximum atomic E-state index is 14.2. The molecule has 11 heteroatoms. The summed E-state index contributed by atoms with van der Waals surface area (Å²) in [7, 11) is 0. The second-order valence-corrected chi connectivity index (χ2v) is 11.8. The molecule has 1 fully saturated rings. The number of nitrogens with zero attached hydrogens (tertiary/aromatic N) is 3. The van der Waals surface area contributed by atoms with Crippen LogP contribution in [0.1, 0.15) is 74.1 Å². The molecule has 1 aliphatic heterocycles. The van der Waals surface area contributed by atoms with Gasteiger partial charge in [-0.25, -0.2) is 8.78 Å². The molecule has 0 bridgehead atoms. The number of rotatable bonds is 9. The molecule has 1 saturated heterocycles. The Labute approximate surface area is 241 Å². The van der Waals surface area contributed by atoms with Crippen molar-refractivity contribution in [2.45, 2.75) is 96.1 Å². The first-order valence-electron chi connectivity index (χ1n) is 12.8. The first-order valence-corrected chi connectivity index (χ1v) is 13.7. The molecular weight excluding hydrogens is 538 g/mol. The van der Waals surface area contributed by atoms with Crippen LogP contribution in [0.5, 0.6) is 6.01 Å². The van der Waals surface area contributed by atoms with E-state index in [2.05, 4.69) is 54.8 Å². The number of benzene rings is 1. The van der Waals surface area contributed by atoms with Crippen LogP contribution in [0.3, 0.4) is 0 Å². The van der Waals surface area contributed by atoms with Crippen LogP contribution in [0.15, 0.2) is 46.7 Å². The van der Waals surface area contributed by atoms with Crippen LogP contribution < -0.4 is 10.5 Å². The van der Waals surface area contributed by atoms with Gasteiger partial charge in [-0.15, -0.1) is 0 Å². The number of carbonyl (C=O) groups is 1. The molecule has 0 saturated carbocycles. The Kier molecular flexibility index (Phi) is 11.8. The molecule has 222 valence electrons. The zero-order valence-electron chi connectivity index (χ0n) is 23.0. The Balaban J connectivity index is 0.00000111. The van der Waals surface area contributed by atoms with Crippen molar-refractivity contribution >= 4 is 24.0 Å². The number of hydrogen-bond acceptors (Lipinski definition) is 9. The minimum Gasteiger partial charge on any atom is -0.457 e. The lowest BCUT2D eigenvalue weighted by Gasteiger charge is -2.45. The van der Waals surface area contributed by atoms with Crippen LogP contribution in [0, 0.1) is 17.6 Å². The van der Waals surface area contributed by atoms with Crippen LogP contribution >= 0.6 is 11.8 Å². The SMILES string of the molecule is C.CC(C)C[C@@H](Oc1nc(N)nc(SC(C)c2cccc(F)c2F)n1)[C@@H]1CC2=CC=C2C(C)(C)O1.CC(O)C=O.[HH]. The van der Waals surface area contributed by atoms with Crippen LogP contribution in [0.4, 0.5) is 14.7 Å². The van der Waals surface area contributed by atoms with Crippen molar-refractivity contribution in [3.8, 4) is 6.01 Å². The minimum absolute atomic E-state index is 0. The zero-order valence-corrected chi connectivity index (χ0v) is 23.8. The maximum absolute atomic E-state index is 14.2. The summed E-state index contributed by atoms with van der Waals surface area (Å²) in [5.41, 5.74) is 8.28. The topological polar surface area (TPSA) is 120 Å². The van der Waals surface area contributed by atoms with Gasteiger partial charge in [0.1, 0.15) is 18.5 Å². The number of anilines is 1. The first-order chi connectivity index (χ1) is 18.3. The highest BCUT2D eigenvalue weighted by molar-refractivity contribution is 7.99. The van der Waals surface area contributed by atoms with Gasteiger partial charge in [0.2, 0.25) is 5.95 Å². The van der Waals surface area contributed by atoms with Gasteiger partial charge in [-0.3, -0.25) is 0 Å². The van der Waals surface area contributed by atoms with Crippen molar-refractivity contribution < 1.29 is 29.6 Å². The number of aromatic nitrogens is 3. The molecule has 2 unspecified atom stereocenters. The average Bonchev–Trinajstić information content (AvgIpc) is 2.80. The number of aliphatic hydroxyl groups is 1. The number of allylic oxidation sites excluding steroid dienone is 2. The van der Waals surface area contributed by atoms with E-state index >= 15 is 0 Å². The number of aliphatic hydroxyl groups excluding tert-OH is 1. The predicted molar refractivity (Wildman–Crippen MR) is 155 cm³/mol. The van der Waals surface area contributed by atoms with Gasteiger partial charge < -0.3 is 25.1 Å². The van der Waals surface area contributed by atoms with Crippen molar-refractivity contribution in [1.82, 2.24) is 15.0 Å². The fourth-order valence-electron chi connectivity index (χ4n) is 4.35. The molecule has 0 spiro atoms. The number of halogens is 2. The number of nitrogens with two attached hydrogens (primary N) is 1. The Hall–Kier alpha value is -2.89. The molecule has 8 nitrogen and oxygen atoms in total. The molecule has 1 aliphatic carbocycles. The van der Waals surface area contributed by atoms with Crippen molar-refractivity contribution in [2.75, 3.05) is 5.73 Å². The van der Waals surface area contributed by atoms with Gasteiger partial charge >= 0.3 is 6.01 Å². The number of nitrogen functional groups attached to an aromatic ring is 1. The number of ether oxygens (including phenoxy) is 2. The molecule has 1 aromatic carbocycles. The molecule has 2 aromatic rings. The third kappa shape index (κ3) is 8.55. The molecule has 2 heterocycles. The Bertz CT molecular complexity index is 1240. The Morgan fingerprint density at radius 1 is 1.23 bits per heavy atom. The van der Waals surface area contributed by atoms with Gasteiger partial charge in [0.15, 0.2) is 16.8 Å². The molecule has 3 N–H and O–H groups in total. The summed E-state index contributed by atoms with van der Waals surface area (Å²) in [6, 6.07) is 4.20. The van der Waals surface area contributed by atoms with Gasteiger partial charge in [-0.05, 0) is 57.2 Å². The highest BCUT2D eigenvalue weighted by Crippen LogP contribution is 2.43. The monoisotopic (exact) mass is 580 g/mol. The van der Waals surface area contributed by atoms with Crippen molar-refractivity contribution in [3.63, 3.8) is 0 Å². The zero-order chi connectivity index (χ0) is 28.9. The number of fused-ring (bicyclic) bond motifs is 1. The molecule has 4 rings (SSSR count). The van der Waals surface area contributed by atoms with Crippen LogP contribution in [-0.4, -0.2) is 50.3 Å². The van der Waals surface area contributed by atoms with E-state index in [1.54, 1.807) is 6.92 Å². The first kappa shape index (κ1) is 33.3. The van der Waals surface area contributed by atoms with Gasteiger partial charge in [-0.1, -0.05) is 57.3 Å². The molecule has 0 radical (unpaired) electrons. The van der Waals surface area contributed by atoms with Crippen LogP contribution in [0.2, 0.25) is 0 Å². The molecule has 1 aromatic heterocycles. The molecule has 4 atom stereocenters. The Morgan fingerprint density at radius 2 is 1.90 bits per heavy atom. The van der Waals surface area contributed by atoms with Crippen molar-refractivity contribution in [2.24, 2.45) is 5.92 Å². The highest BCUT2D eigenvalue weighted by atomic mass is 32.2. The quantitative estimate of drug-likeness (QED) is 0.261. The second kappa shape index (κ2) is 14.1. The lowest BCUT2D eigenvalue weighted by atomic mass is 9.77. The van der Waals surface area contributed by atoms with Gasteiger partial charge in [0.25, 0.3) is 0 Å². The number of hydrogen-bond donors (Lipinski definition) is 2.